The molecule has 4 rings (SSSR count). The molecule has 39 heavy (non-hydrogen) atoms. The Hall–Kier alpha value is -3.91. The Labute approximate surface area is 229 Å². The number of pyridine rings is 1. The molecular weight excluding hydrogens is 609 g/mol. The molecule has 0 saturated heterocycles. The van der Waals surface area contributed by atoms with Crippen LogP contribution >= 0.6 is 15.9 Å². The van der Waals surface area contributed by atoms with E-state index in [9.17, 15) is 21.6 Å². The fourth-order valence-electron chi connectivity index (χ4n) is 3.59. The predicted octanol–water partition coefficient (Wildman–Crippen LogP) is 6.51. The highest BCUT2D eigenvalue weighted by Crippen LogP contribution is 2.40. The highest BCUT2D eigenvalue weighted by molar-refractivity contribution is 9.10. The van der Waals surface area contributed by atoms with Crippen LogP contribution in [-0.2, 0) is 10.0 Å². The second kappa shape index (κ2) is 11.1. The van der Waals surface area contributed by atoms with Gasteiger partial charge in [0.15, 0.2) is 28.7 Å². The molecule has 9 nitrogen and oxygen atoms in total. The van der Waals surface area contributed by atoms with Crippen LogP contribution < -0.4 is 28.4 Å². The number of alkyl halides is 3. The highest BCUT2D eigenvalue weighted by Gasteiger charge is 2.34. The number of nitrogens with zero attached hydrogens (tertiary/aromatic N) is 1. The first-order chi connectivity index (χ1) is 18.4. The largest absolute Gasteiger partial charge is 0.573 e. The number of benzene rings is 3. The molecule has 0 spiro atoms. The van der Waals surface area contributed by atoms with E-state index in [1.54, 1.807) is 18.2 Å². The minimum Gasteiger partial charge on any atom is -0.493 e. The Kier molecular flexibility index (Phi) is 7.97. The van der Waals surface area contributed by atoms with E-state index >= 15 is 0 Å². The maximum Gasteiger partial charge on any atom is 0.573 e. The molecule has 0 fully saturated rings. The summed E-state index contributed by atoms with van der Waals surface area (Å²) in [5, 5.41) is 0.606. The van der Waals surface area contributed by atoms with E-state index in [4.69, 9.17) is 18.9 Å². The third kappa shape index (κ3) is 6.40. The van der Waals surface area contributed by atoms with Gasteiger partial charge in [-0.3, -0.25) is 9.71 Å². The molecule has 3 aromatic carbocycles. The lowest BCUT2D eigenvalue weighted by Crippen LogP contribution is -2.21. The van der Waals surface area contributed by atoms with Gasteiger partial charge in [-0.2, -0.15) is 0 Å². The molecule has 0 bridgehead atoms. The first-order valence-corrected chi connectivity index (χ1v) is 13.2. The Morgan fingerprint density at radius 3 is 2.13 bits per heavy atom. The van der Waals surface area contributed by atoms with Crippen LogP contribution in [0.2, 0.25) is 0 Å². The Morgan fingerprint density at radius 2 is 1.46 bits per heavy atom. The SMILES string of the molecule is COc1cc2nccc(Oc3ccc(NS(=O)(=O)c4ccc(Br)cc4OC(F)(F)F)cc3OC)c2cc1OC. The van der Waals surface area contributed by atoms with Crippen molar-refractivity contribution in [1.29, 1.82) is 0 Å². The van der Waals surface area contributed by atoms with Gasteiger partial charge in [0.25, 0.3) is 10.0 Å². The molecule has 0 saturated carbocycles. The van der Waals surface area contributed by atoms with Gasteiger partial charge in [-0.05, 0) is 42.5 Å². The normalized spacial score (nSPS) is 11.7. The second-order valence-corrected chi connectivity index (χ2v) is 10.3. The standard InChI is InChI=1S/C25H20BrF3N2O7S/c1-34-20-11-15(31-39(32,33)24-7-4-14(26)10-23(24)38-25(27,28)29)5-6-19(20)37-18-8-9-30-17-13-22(36-3)21(35-2)12-16(17)18/h4-13,31H,1-3H3. The number of anilines is 1. The summed E-state index contributed by atoms with van der Waals surface area (Å²) in [6.07, 6.45) is -3.56. The van der Waals surface area contributed by atoms with Gasteiger partial charge in [0, 0.05) is 28.2 Å². The van der Waals surface area contributed by atoms with Crippen molar-refractivity contribution in [3.05, 3.63) is 65.3 Å². The maximum atomic E-state index is 13.0. The Balaban J connectivity index is 1.66. The van der Waals surface area contributed by atoms with Gasteiger partial charge in [-0.25, -0.2) is 8.42 Å². The van der Waals surface area contributed by atoms with Gasteiger partial charge < -0.3 is 23.7 Å². The third-order valence-corrected chi connectivity index (χ3v) is 7.18. The number of halogens is 4. The van der Waals surface area contributed by atoms with Crippen molar-refractivity contribution < 1.29 is 45.3 Å². The lowest BCUT2D eigenvalue weighted by molar-refractivity contribution is -0.275. The Bertz CT molecular complexity index is 1630. The summed E-state index contributed by atoms with van der Waals surface area (Å²) >= 11 is 3.01. The van der Waals surface area contributed by atoms with Gasteiger partial charge >= 0.3 is 6.36 Å². The summed E-state index contributed by atoms with van der Waals surface area (Å²) in [5.41, 5.74) is 0.575. The van der Waals surface area contributed by atoms with E-state index in [0.717, 1.165) is 12.1 Å². The summed E-state index contributed by atoms with van der Waals surface area (Å²) in [6.45, 7) is 0. The molecule has 0 radical (unpaired) electrons. The van der Waals surface area contributed by atoms with E-state index in [0.29, 0.717) is 28.2 Å². The molecule has 1 aromatic heterocycles. The van der Waals surface area contributed by atoms with E-state index in [-0.39, 0.29) is 21.7 Å². The quantitative estimate of drug-likeness (QED) is 0.223. The molecule has 14 heteroatoms. The molecule has 1 heterocycles. The number of fused-ring (bicyclic) bond motifs is 1. The summed E-state index contributed by atoms with van der Waals surface area (Å²) < 4.78 is 93.0. The molecule has 0 unspecified atom stereocenters. The second-order valence-electron chi connectivity index (χ2n) is 7.75. The van der Waals surface area contributed by atoms with Crippen LogP contribution in [0.25, 0.3) is 10.9 Å². The van der Waals surface area contributed by atoms with Crippen LogP contribution in [0.5, 0.6) is 34.5 Å². The first-order valence-electron chi connectivity index (χ1n) is 10.9. The maximum absolute atomic E-state index is 13.0. The van der Waals surface area contributed by atoms with Gasteiger partial charge in [0.2, 0.25) is 0 Å². The smallest absolute Gasteiger partial charge is 0.493 e. The average Bonchev–Trinajstić information content (AvgIpc) is 2.87. The number of nitrogens with one attached hydrogen (secondary N) is 1. The monoisotopic (exact) mass is 628 g/mol. The minimum atomic E-state index is -5.10. The van der Waals surface area contributed by atoms with Crippen molar-refractivity contribution in [2.24, 2.45) is 0 Å². The van der Waals surface area contributed by atoms with Gasteiger partial charge in [0.1, 0.15) is 10.6 Å². The molecular formula is C25H20BrF3N2O7S. The predicted molar refractivity (Wildman–Crippen MR) is 140 cm³/mol. The molecule has 1 N–H and O–H groups in total. The van der Waals surface area contributed by atoms with Crippen LogP contribution in [0.3, 0.4) is 0 Å². The average molecular weight is 629 g/mol. The topological polar surface area (TPSA) is 105 Å². The Morgan fingerprint density at radius 1 is 0.795 bits per heavy atom. The van der Waals surface area contributed by atoms with E-state index in [1.807, 2.05) is 0 Å². The van der Waals surface area contributed by atoms with Crippen molar-refractivity contribution in [3.8, 4) is 34.5 Å². The fourth-order valence-corrected chi connectivity index (χ4v) is 5.09. The van der Waals surface area contributed by atoms with Crippen LogP contribution in [0.15, 0.2) is 70.2 Å². The molecule has 0 amide bonds. The van der Waals surface area contributed by atoms with Crippen molar-refractivity contribution in [3.63, 3.8) is 0 Å². The lowest BCUT2D eigenvalue weighted by Gasteiger charge is -2.17. The molecule has 0 atom stereocenters. The number of rotatable bonds is 9. The molecule has 4 aromatic rings. The van der Waals surface area contributed by atoms with E-state index in [2.05, 4.69) is 30.4 Å². The van der Waals surface area contributed by atoms with Gasteiger partial charge in [0.05, 0.1) is 32.5 Å². The van der Waals surface area contributed by atoms with Crippen LogP contribution in [0.4, 0.5) is 18.9 Å². The lowest BCUT2D eigenvalue weighted by atomic mass is 10.1. The number of ether oxygens (including phenoxy) is 5. The zero-order valence-corrected chi connectivity index (χ0v) is 22.9. The van der Waals surface area contributed by atoms with Gasteiger partial charge in [-0.1, -0.05) is 15.9 Å². The number of aromatic nitrogens is 1. The molecule has 0 aliphatic carbocycles. The van der Waals surface area contributed by atoms with Crippen molar-refractivity contribution in [2.75, 3.05) is 26.1 Å². The highest BCUT2D eigenvalue weighted by atomic mass is 79.9. The minimum absolute atomic E-state index is 0.00562. The van der Waals surface area contributed by atoms with Gasteiger partial charge in [-0.15, -0.1) is 13.2 Å². The summed E-state index contributed by atoms with van der Waals surface area (Å²) in [7, 11) is -0.148. The molecule has 0 aliphatic heterocycles. The molecule has 0 aliphatic rings. The summed E-state index contributed by atoms with van der Waals surface area (Å²) in [4.78, 5) is 3.61. The molecule has 206 valence electrons. The first kappa shape index (κ1) is 28.1. The van der Waals surface area contributed by atoms with Crippen molar-refractivity contribution in [1.82, 2.24) is 4.98 Å². The van der Waals surface area contributed by atoms with Crippen molar-refractivity contribution in [2.45, 2.75) is 11.3 Å². The fraction of sp³-hybridized carbons (Fsp3) is 0.160. The summed E-state index contributed by atoms with van der Waals surface area (Å²) in [6, 6.07) is 12.3. The number of hydrogen-bond acceptors (Lipinski definition) is 8. The zero-order valence-electron chi connectivity index (χ0n) is 20.5. The third-order valence-electron chi connectivity index (χ3n) is 5.26. The van der Waals surface area contributed by atoms with Crippen molar-refractivity contribution >= 4 is 42.5 Å². The van der Waals surface area contributed by atoms with Crippen LogP contribution in [0, 0.1) is 0 Å². The number of hydrogen-bond donors (Lipinski definition) is 1. The summed E-state index contributed by atoms with van der Waals surface area (Å²) in [5.74, 6) is 0.819. The number of sulfonamides is 1. The van der Waals surface area contributed by atoms with Crippen LogP contribution in [0.1, 0.15) is 0 Å². The van der Waals surface area contributed by atoms with E-state index in [1.165, 1.54) is 51.8 Å². The van der Waals surface area contributed by atoms with E-state index < -0.39 is 27.0 Å². The zero-order chi connectivity index (χ0) is 28.4. The van der Waals surface area contributed by atoms with Crippen LogP contribution in [-0.4, -0.2) is 41.1 Å². The number of methoxy groups -OCH3 is 3.